The minimum absolute atomic E-state index is 0.183. The van der Waals surface area contributed by atoms with Crippen molar-refractivity contribution in [2.24, 2.45) is 0 Å². The van der Waals surface area contributed by atoms with E-state index in [9.17, 15) is 13.6 Å². The Labute approximate surface area is 128 Å². The van der Waals surface area contributed by atoms with Gasteiger partial charge in [-0.3, -0.25) is 4.79 Å². The van der Waals surface area contributed by atoms with Crippen LogP contribution in [0.1, 0.15) is 15.9 Å². The van der Waals surface area contributed by atoms with E-state index >= 15 is 0 Å². The van der Waals surface area contributed by atoms with Gasteiger partial charge in [-0.2, -0.15) is 4.80 Å². The molecule has 3 rings (SSSR count). The fourth-order valence-corrected chi connectivity index (χ4v) is 1.96. The molecule has 0 fully saturated rings. The summed E-state index contributed by atoms with van der Waals surface area (Å²) in [5.41, 5.74) is -0.558. The molecule has 0 spiro atoms. The Morgan fingerprint density at radius 1 is 1.30 bits per heavy atom. The molecule has 1 N–H and O–H groups in total. The molecular formula is C14H10F2N4O3. The number of carbonyl (C=O) groups is 1. The Hall–Kier alpha value is -2.94. The molecule has 3 aromatic rings. The number of Topliss-reactive ketones (excluding diaryl/α,β-unsaturated/α-hetero) is 1. The van der Waals surface area contributed by atoms with Gasteiger partial charge in [0.1, 0.15) is 18.2 Å². The van der Waals surface area contributed by atoms with Gasteiger partial charge in [0.05, 0.1) is 12.8 Å². The van der Waals surface area contributed by atoms with Crippen LogP contribution in [-0.2, 0) is 6.54 Å². The predicted octanol–water partition coefficient (Wildman–Crippen LogP) is 1.43. The highest BCUT2D eigenvalue weighted by molar-refractivity contribution is 5.96. The number of aliphatic hydroxyl groups excluding tert-OH is 1. The summed E-state index contributed by atoms with van der Waals surface area (Å²) in [5, 5.41) is 20.1. The van der Waals surface area contributed by atoms with Gasteiger partial charge in [0.2, 0.25) is 5.82 Å². The van der Waals surface area contributed by atoms with E-state index in [2.05, 4.69) is 15.4 Å². The first-order valence-electron chi connectivity index (χ1n) is 6.52. The second-order valence-electron chi connectivity index (χ2n) is 4.62. The molecular weight excluding hydrogens is 310 g/mol. The molecule has 0 bridgehead atoms. The Kier molecular flexibility index (Phi) is 3.94. The summed E-state index contributed by atoms with van der Waals surface area (Å²) in [6.07, 6.45) is 1.44. The smallest absolute Gasteiger partial charge is 0.240 e. The molecule has 0 unspecified atom stereocenters. The number of nitrogens with zero attached hydrogens (tertiary/aromatic N) is 4. The van der Waals surface area contributed by atoms with Gasteiger partial charge < -0.3 is 9.52 Å². The normalized spacial score (nSPS) is 10.9. The summed E-state index contributed by atoms with van der Waals surface area (Å²) in [5.74, 6) is -2.07. The minimum Gasteiger partial charge on any atom is -0.461 e. The van der Waals surface area contributed by atoms with Crippen molar-refractivity contribution in [3.63, 3.8) is 0 Å². The Morgan fingerprint density at radius 2 is 2.04 bits per heavy atom. The Bertz CT molecular complexity index is 823. The van der Waals surface area contributed by atoms with Gasteiger partial charge >= 0.3 is 0 Å². The maximum absolute atomic E-state index is 14.0. The molecule has 0 saturated carbocycles. The third kappa shape index (κ3) is 2.99. The lowest BCUT2D eigenvalue weighted by atomic mass is 10.1. The molecule has 0 aliphatic heterocycles. The van der Waals surface area contributed by atoms with Gasteiger partial charge in [-0.1, -0.05) is 0 Å². The summed E-state index contributed by atoms with van der Waals surface area (Å²) in [6.45, 7) is -1.13. The molecule has 7 nitrogen and oxygen atoms in total. The molecule has 23 heavy (non-hydrogen) atoms. The lowest BCUT2D eigenvalue weighted by molar-refractivity contribution is 0.0902. The number of aromatic nitrogens is 4. The summed E-state index contributed by atoms with van der Waals surface area (Å²) in [7, 11) is 0. The van der Waals surface area contributed by atoms with E-state index in [0.29, 0.717) is 5.76 Å². The van der Waals surface area contributed by atoms with Crippen molar-refractivity contribution in [3.8, 4) is 11.6 Å². The molecule has 0 amide bonds. The van der Waals surface area contributed by atoms with E-state index in [-0.39, 0.29) is 23.5 Å². The van der Waals surface area contributed by atoms with Crippen molar-refractivity contribution in [1.82, 2.24) is 20.2 Å². The van der Waals surface area contributed by atoms with E-state index in [4.69, 9.17) is 9.52 Å². The molecule has 0 saturated heterocycles. The minimum atomic E-state index is -0.932. The van der Waals surface area contributed by atoms with Crippen LogP contribution in [0.25, 0.3) is 11.6 Å². The van der Waals surface area contributed by atoms with E-state index in [1.807, 2.05) is 0 Å². The summed E-state index contributed by atoms with van der Waals surface area (Å²) >= 11 is 0. The standard InChI is InChI=1S/C14H10F2N4O3/c15-10-4-8(12(22)7-21)5-11(16)9(10)6-20-18-14(17-19-20)13-2-1-3-23-13/h1-5,21H,6-7H2. The molecule has 2 heterocycles. The van der Waals surface area contributed by atoms with Crippen LogP contribution in [-0.4, -0.2) is 37.7 Å². The molecule has 1 aromatic carbocycles. The number of benzene rings is 1. The maximum Gasteiger partial charge on any atom is 0.240 e. The van der Waals surface area contributed by atoms with Gasteiger partial charge in [0.15, 0.2) is 11.5 Å². The molecule has 2 aromatic heterocycles. The number of tetrazole rings is 1. The molecule has 0 atom stereocenters. The van der Waals surface area contributed by atoms with Crippen molar-refractivity contribution in [3.05, 3.63) is 53.3 Å². The van der Waals surface area contributed by atoms with Crippen molar-refractivity contribution in [1.29, 1.82) is 0 Å². The van der Waals surface area contributed by atoms with Gasteiger partial charge in [-0.25, -0.2) is 8.78 Å². The first kappa shape index (κ1) is 15.0. The fourth-order valence-electron chi connectivity index (χ4n) is 1.96. The van der Waals surface area contributed by atoms with Crippen molar-refractivity contribution in [2.45, 2.75) is 6.54 Å². The van der Waals surface area contributed by atoms with Crippen LogP contribution in [0, 0.1) is 11.6 Å². The molecule has 0 radical (unpaired) electrons. The third-order valence-corrected chi connectivity index (χ3v) is 3.10. The van der Waals surface area contributed by atoms with E-state index < -0.39 is 24.0 Å². The Balaban J connectivity index is 1.87. The van der Waals surface area contributed by atoms with Crippen LogP contribution in [0.3, 0.4) is 0 Å². The predicted molar refractivity (Wildman–Crippen MR) is 72.4 cm³/mol. The van der Waals surface area contributed by atoms with Crippen LogP contribution in [0.4, 0.5) is 8.78 Å². The topological polar surface area (TPSA) is 94.0 Å². The summed E-state index contributed by atoms with van der Waals surface area (Å²) < 4.78 is 33.1. The van der Waals surface area contributed by atoms with Gasteiger partial charge in [0, 0.05) is 11.1 Å². The van der Waals surface area contributed by atoms with Gasteiger partial charge in [-0.15, -0.1) is 10.2 Å². The second kappa shape index (κ2) is 6.05. The summed E-state index contributed by atoms with van der Waals surface area (Å²) in [6, 6.07) is 4.99. The van der Waals surface area contributed by atoms with E-state index in [1.54, 1.807) is 12.1 Å². The highest BCUT2D eigenvalue weighted by Gasteiger charge is 2.17. The number of hydrogen-bond acceptors (Lipinski definition) is 6. The van der Waals surface area contributed by atoms with Crippen LogP contribution in [0.5, 0.6) is 0 Å². The number of aliphatic hydroxyl groups is 1. The number of hydrogen-bond donors (Lipinski definition) is 1. The van der Waals surface area contributed by atoms with Gasteiger partial charge in [0.25, 0.3) is 0 Å². The maximum atomic E-state index is 14.0. The van der Waals surface area contributed by atoms with Crippen molar-refractivity contribution < 1.29 is 23.1 Å². The average molecular weight is 320 g/mol. The van der Waals surface area contributed by atoms with Crippen molar-refractivity contribution >= 4 is 5.78 Å². The highest BCUT2D eigenvalue weighted by Crippen LogP contribution is 2.18. The quantitative estimate of drug-likeness (QED) is 0.715. The fraction of sp³-hybridized carbons (Fsp3) is 0.143. The molecule has 0 aliphatic carbocycles. The number of ketones is 1. The van der Waals surface area contributed by atoms with Crippen molar-refractivity contribution in [2.75, 3.05) is 6.61 Å². The lowest BCUT2D eigenvalue weighted by Crippen LogP contribution is -2.11. The first-order valence-corrected chi connectivity index (χ1v) is 6.52. The number of furan rings is 1. The van der Waals surface area contributed by atoms with Gasteiger partial charge in [-0.05, 0) is 29.5 Å². The zero-order chi connectivity index (χ0) is 16.4. The number of rotatable bonds is 5. The molecule has 9 heteroatoms. The lowest BCUT2D eigenvalue weighted by Gasteiger charge is -2.06. The van der Waals surface area contributed by atoms with Crippen LogP contribution in [0.15, 0.2) is 34.9 Å². The Morgan fingerprint density at radius 3 is 2.65 bits per heavy atom. The number of carbonyl (C=O) groups excluding carboxylic acids is 1. The van der Waals surface area contributed by atoms with Crippen LogP contribution < -0.4 is 0 Å². The highest BCUT2D eigenvalue weighted by atomic mass is 19.1. The second-order valence-corrected chi connectivity index (χ2v) is 4.62. The molecule has 0 aliphatic rings. The average Bonchev–Trinajstić information content (AvgIpc) is 3.20. The first-order chi connectivity index (χ1) is 11.1. The zero-order valence-corrected chi connectivity index (χ0v) is 11.6. The zero-order valence-electron chi connectivity index (χ0n) is 11.6. The van der Waals surface area contributed by atoms with E-state index in [0.717, 1.165) is 16.9 Å². The molecule has 118 valence electrons. The van der Waals surface area contributed by atoms with Crippen LogP contribution >= 0.6 is 0 Å². The monoisotopic (exact) mass is 320 g/mol. The van der Waals surface area contributed by atoms with Crippen LogP contribution in [0.2, 0.25) is 0 Å². The van der Waals surface area contributed by atoms with E-state index in [1.165, 1.54) is 6.26 Å². The SMILES string of the molecule is O=C(CO)c1cc(F)c(Cn2nnc(-c3ccco3)n2)c(F)c1. The third-order valence-electron chi connectivity index (χ3n) is 3.10. The number of halogens is 2. The summed E-state index contributed by atoms with van der Waals surface area (Å²) in [4.78, 5) is 12.3. The largest absolute Gasteiger partial charge is 0.461 e.